The van der Waals surface area contributed by atoms with Crippen LogP contribution in [0.15, 0.2) is 53.6 Å². The number of rotatable bonds is 3. The van der Waals surface area contributed by atoms with E-state index in [2.05, 4.69) is 43.8 Å². The number of benzene rings is 1. The van der Waals surface area contributed by atoms with Crippen molar-refractivity contribution < 1.29 is 9.90 Å². The highest BCUT2D eigenvalue weighted by Gasteiger charge is 2.60. The largest absolute Gasteiger partial charge is 0.388 e. The minimum absolute atomic E-state index is 0.128. The zero-order valence-corrected chi connectivity index (χ0v) is 19.3. The van der Waals surface area contributed by atoms with E-state index < -0.39 is 5.60 Å². The molecule has 0 radical (unpaired) electrons. The molecule has 3 heteroatoms. The molecule has 4 aliphatic rings. The van der Waals surface area contributed by atoms with E-state index in [1.165, 1.54) is 22.3 Å². The Morgan fingerprint density at radius 1 is 1.22 bits per heavy atom. The number of hydrogen-bond acceptors (Lipinski definition) is 3. The van der Waals surface area contributed by atoms with Gasteiger partial charge in [0.2, 0.25) is 0 Å². The summed E-state index contributed by atoms with van der Waals surface area (Å²) in [7, 11) is 0. The lowest BCUT2D eigenvalue weighted by atomic mass is 9.54. The molecule has 32 heavy (non-hydrogen) atoms. The van der Waals surface area contributed by atoms with E-state index in [1.807, 2.05) is 13.0 Å². The first-order chi connectivity index (χ1) is 15.3. The first-order valence-corrected chi connectivity index (χ1v) is 12.1. The van der Waals surface area contributed by atoms with Crippen LogP contribution in [0.25, 0.3) is 5.57 Å². The van der Waals surface area contributed by atoms with E-state index in [1.54, 1.807) is 0 Å². The number of allylic oxidation sites excluding steroid dienone is 5. The molecule has 0 aliphatic heterocycles. The van der Waals surface area contributed by atoms with E-state index >= 15 is 0 Å². The van der Waals surface area contributed by atoms with Gasteiger partial charge in [-0.25, -0.2) is 0 Å². The zero-order chi connectivity index (χ0) is 22.7. The van der Waals surface area contributed by atoms with Crippen LogP contribution in [-0.2, 0) is 4.79 Å². The van der Waals surface area contributed by atoms with E-state index in [0.29, 0.717) is 18.3 Å². The number of nitriles is 1. The summed E-state index contributed by atoms with van der Waals surface area (Å²) in [5.74, 6) is 1.24. The number of ketones is 1. The normalized spacial score (nSPS) is 36.0. The van der Waals surface area contributed by atoms with Crippen molar-refractivity contribution in [2.75, 3.05) is 0 Å². The fraction of sp³-hybridized carbons (Fsp3) is 0.517. The third kappa shape index (κ3) is 3.07. The Bertz CT molecular complexity index is 1090. The standard InChI is InChI=1S/C29H33NO2/c1-18(2)19-4-6-20(7-5-19)25-17-22(31)16-21-8-9-23-24(27(21)25)10-12-28(3)26(23)11-13-29(28,32)14-15-30/h4-7,16,23,25-26,32H,1,8-14,17H2,2-3H3/t23-,25+,26+,28+,29-/m1/s1. The van der Waals surface area contributed by atoms with E-state index in [9.17, 15) is 15.2 Å². The third-order valence-electron chi connectivity index (χ3n) is 9.28. The minimum atomic E-state index is -0.862. The van der Waals surface area contributed by atoms with Gasteiger partial charge < -0.3 is 5.11 Å². The zero-order valence-electron chi connectivity index (χ0n) is 19.3. The van der Waals surface area contributed by atoms with Crippen LogP contribution < -0.4 is 0 Å². The number of hydrogen-bond donors (Lipinski definition) is 1. The number of carbonyl (C=O) groups excluding carboxylic acids is 1. The third-order valence-corrected chi connectivity index (χ3v) is 9.28. The first-order valence-electron chi connectivity index (χ1n) is 12.1. The van der Waals surface area contributed by atoms with Crippen LogP contribution in [-0.4, -0.2) is 16.5 Å². The lowest BCUT2D eigenvalue weighted by Gasteiger charge is -2.52. The number of carbonyl (C=O) groups is 1. The molecule has 166 valence electrons. The highest BCUT2D eigenvalue weighted by atomic mass is 16.3. The molecule has 0 bridgehead atoms. The molecule has 4 aliphatic carbocycles. The summed E-state index contributed by atoms with van der Waals surface area (Å²) in [5.41, 5.74) is 6.56. The Labute approximate surface area is 191 Å². The predicted molar refractivity (Wildman–Crippen MR) is 127 cm³/mol. The lowest BCUT2D eigenvalue weighted by molar-refractivity contribution is -0.115. The Morgan fingerprint density at radius 2 is 1.97 bits per heavy atom. The Kier molecular flexibility index (Phi) is 5.06. The van der Waals surface area contributed by atoms with Crippen molar-refractivity contribution in [3.8, 4) is 6.07 Å². The summed E-state index contributed by atoms with van der Waals surface area (Å²) >= 11 is 0. The molecule has 1 aromatic rings. The Morgan fingerprint density at radius 3 is 2.66 bits per heavy atom. The molecule has 2 saturated carbocycles. The van der Waals surface area contributed by atoms with Gasteiger partial charge in [-0.2, -0.15) is 5.26 Å². The van der Waals surface area contributed by atoms with Gasteiger partial charge in [0, 0.05) is 17.8 Å². The molecule has 0 spiro atoms. The van der Waals surface area contributed by atoms with Crippen LogP contribution in [0.2, 0.25) is 0 Å². The monoisotopic (exact) mass is 427 g/mol. The van der Waals surface area contributed by atoms with Gasteiger partial charge in [0.1, 0.15) is 0 Å². The van der Waals surface area contributed by atoms with Gasteiger partial charge in [0.15, 0.2) is 5.78 Å². The smallest absolute Gasteiger partial charge is 0.156 e. The van der Waals surface area contributed by atoms with Crippen molar-refractivity contribution in [2.45, 2.75) is 76.7 Å². The molecule has 0 saturated heterocycles. The van der Waals surface area contributed by atoms with Crippen LogP contribution in [0.5, 0.6) is 0 Å². The molecule has 5 atom stereocenters. The fourth-order valence-electron chi connectivity index (χ4n) is 7.45. The predicted octanol–water partition coefficient (Wildman–Crippen LogP) is 6.26. The summed E-state index contributed by atoms with van der Waals surface area (Å²) in [6.07, 6.45) is 8.30. The molecular weight excluding hydrogens is 394 g/mol. The summed E-state index contributed by atoms with van der Waals surface area (Å²) in [4.78, 5) is 12.7. The summed E-state index contributed by atoms with van der Waals surface area (Å²) < 4.78 is 0. The second-order valence-electron chi connectivity index (χ2n) is 10.8. The molecule has 2 fully saturated rings. The maximum Gasteiger partial charge on any atom is 0.156 e. The van der Waals surface area contributed by atoms with Gasteiger partial charge in [-0.3, -0.25) is 4.79 Å². The minimum Gasteiger partial charge on any atom is -0.388 e. The molecule has 1 N–H and O–H groups in total. The van der Waals surface area contributed by atoms with Gasteiger partial charge in [0.25, 0.3) is 0 Å². The summed E-state index contributed by atoms with van der Waals surface area (Å²) in [5, 5.41) is 20.8. The highest BCUT2D eigenvalue weighted by Crippen LogP contribution is 2.64. The molecule has 1 aromatic carbocycles. The average Bonchev–Trinajstić information content (AvgIpc) is 3.04. The summed E-state index contributed by atoms with van der Waals surface area (Å²) in [6.45, 7) is 8.30. The quantitative estimate of drug-likeness (QED) is 0.619. The van der Waals surface area contributed by atoms with Gasteiger partial charge in [-0.1, -0.05) is 48.9 Å². The van der Waals surface area contributed by atoms with Crippen LogP contribution >= 0.6 is 0 Å². The number of fused-ring (bicyclic) bond motifs is 4. The average molecular weight is 428 g/mol. The van der Waals surface area contributed by atoms with Crippen molar-refractivity contribution in [1.29, 1.82) is 5.26 Å². The van der Waals surface area contributed by atoms with Gasteiger partial charge in [0.05, 0.1) is 18.1 Å². The van der Waals surface area contributed by atoms with Gasteiger partial charge in [-0.05, 0) is 85.6 Å². The number of nitrogens with zero attached hydrogens (tertiary/aromatic N) is 1. The molecule has 5 rings (SSSR count). The lowest BCUT2D eigenvalue weighted by Crippen LogP contribution is -2.49. The van der Waals surface area contributed by atoms with Crippen molar-refractivity contribution >= 4 is 11.4 Å². The molecular formula is C29H33NO2. The van der Waals surface area contributed by atoms with Gasteiger partial charge in [-0.15, -0.1) is 0 Å². The topological polar surface area (TPSA) is 61.1 Å². The van der Waals surface area contributed by atoms with Crippen molar-refractivity contribution in [1.82, 2.24) is 0 Å². The second kappa shape index (κ2) is 7.56. The summed E-state index contributed by atoms with van der Waals surface area (Å²) in [6, 6.07) is 10.9. The van der Waals surface area contributed by atoms with E-state index in [-0.39, 0.29) is 23.5 Å². The van der Waals surface area contributed by atoms with Crippen molar-refractivity contribution in [3.63, 3.8) is 0 Å². The van der Waals surface area contributed by atoms with Crippen LogP contribution in [0.4, 0.5) is 0 Å². The highest BCUT2D eigenvalue weighted by molar-refractivity contribution is 5.94. The molecule has 0 heterocycles. The van der Waals surface area contributed by atoms with Crippen molar-refractivity contribution in [2.24, 2.45) is 17.3 Å². The molecule has 0 amide bonds. The van der Waals surface area contributed by atoms with Crippen LogP contribution in [0.3, 0.4) is 0 Å². The van der Waals surface area contributed by atoms with Crippen LogP contribution in [0.1, 0.15) is 82.3 Å². The maximum absolute atomic E-state index is 12.7. The number of aliphatic hydroxyl groups is 1. The fourth-order valence-corrected chi connectivity index (χ4v) is 7.45. The first kappa shape index (κ1) is 21.4. The Hall–Kier alpha value is -2.44. The maximum atomic E-state index is 12.7. The molecule has 0 unspecified atom stereocenters. The Balaban J connectivity index is 1.57. The van der Waals surface area contributed by atoms with Crippen molar-refractivity contribution in [3.05, 3.63) is 64.8 Å². The molecule has 3 nitrogen and oxygen atoms in total. The second-order valence-corrected chi connectivity index (χ2v) is 10.8. The van der Waals surface area contributed by atoms with E-state index in [0.717, 1.165) is 49.7 Å². The SMILES string of the molecule is C=C(C)c1ccc([C@@H]2CC(=O)C=C3CC[C@@H]4C(=C32)CC[C@@]2(C)[C@H]4CC[C@@]2(O)CC#N)cc1. The van der Waals surface area contributed by atoms with Gasteiger partial charge >= 0.3 is 0 Å². The van der Waals surface area contributed by atoms with Crippen LogP contribution in [0, 0.1) is 28.6 Å². The molecule has 0 aromatic heterocycles. The van der Waals surface area contributed by atoms with E-state index in [4.69, 9.17) is 0 Å².